The third-order valence-electron chi connectivity index (χ3n) is 3.36. The summed E-state index contributed by atoms with van der Waals surface area (Å²) in [5.74, 6) is -0.199. The van der Waals surface area contributed by atoms with Crippen LogP contribution >= 0.6 is 12.2 Å². The Hall–Kier alpha value is -1.51. The van der Waals surface area contributed by atoms with Crippen LogP contribution in [0.15, 0.2) is 29.2 Å². The Labute approximate surface area is 129 Å². The molecule has 1 aliphatic rings. The third-order valence-corrected chi connectivity index (χ3v) is 5.37. The number of benzene rings is 1. The third kappa shape index (κ3) is 3.58. The Bertz CT molecular complexity index is 656. The van der Waals surface area contributed by atoms with Crippen LogP contribution in [0, 0.1) is 0 Å². The number of rotatable bonds is 4. The normalized spacial score (nSPS) is 17.0. The highest BCUT2D eigenvalue weighted by Crippen LogP contribution is 2.18. The van der Waals surface area contributed by atoms with Gasteiger partial charge in [-0.05, 0) is 17.7 Å². The molecule has 1 amide bonds. The first-order valence-electron chi connectivity index (χ1n) is 6.42. The van der Waals surface area contributed by atoms with Gasteiger partial charge in [-0.15, -0.1) is 0 Å². The van der Waals surface area contributed by atoms with E-state index in [1.54, 1.807) is 19.2 Å². The van der Waals surface area contributed by atoms with Crippen LogP contribution in [0.2, 0.25) is 0 Å². The molecule has 0 aromatic heterocycles. The highest BCUT2D eigenvalue weighted by Gasteiger charge is 2.31. The zero-order valence-electron chi connectivity index (χ0n) is 11.7. The van der Waals surface area contributed by atoms with Crippen LogP contribution in [-0.4, -0.2) is 55.2 Å². The summed E-state index contributed by atoms with van der Waals surface area (Å²) < 4.78 is 26.2. The average molecular weight is 327 g/mol. The predicted octanol–water partition coefficient (Wildman–Crippen LogP) is -0.0221. The summed E-state index contributed by atoms with van der Waals surface area (Å²) >= 11 is 4.82. The zero-order chi connectivity index (χ0) is 15.6. The van der Waals surface area contributed by atoms with Gasteiger partial charge >= 0.3 is 0 Å². The van der Waals surface area contributed by atoms with Gasteiger partial charge in [0.25, 0.3) is 0 Å². The Morgan fingerprint density at radius 2 is 1.90 bits per heavy atom. The lowest BCUT2D eigenvalue weighted by molar-refractivity contribution is -0.132. The summed E-state index contributed by atoms with van der Waals surface area (Å²) in [5.41, 5.74) is 6.31. The van der Waals surface area contributed by atoms with E-state index in [4.69, 9.17) is 18.0 Å². The first-order chi connectivity index (χ1) is 9.80. The van der Waals surface area contributed by atoms with Gasteiger partial charge in [0.1, 0.15) is 0 Å². The predicted molar refractivity (Wildman–Crippen MR) is 83.3 cm³/mol. The second kappa shape index (κ2) is 6.08. The van der Waals surface area contributed by atoms with E-state index >= 15 is 0 Å². The average Bonchev–Trinajstić information content (AvgIpc) is 2.41. The highest BCUT2D eigenvalue weighted by atomic mass is 32.2. The van der Waals surface area contributed by atoms with E-state index in [0.717, 1.165) is 5.56 Å². The van der Waals surface area contributed by atoms with E-state index in [1.807, 2.05) is 0 Å². The van der Waals surface area contributed by atoms with Crippen molar-refractivity contribution in [3.63, 3.8) is 0 Å². The van der Waals surface area contributed by atoms with Gasteiger partial charge in [0, 0.05) is 26.6 Å². The number of nitrogens with two attached hydrogens (primary N) is 1. The summed E-state index contributed by atoms with van der Waals surface area (Å²) in [6, 6.07) is 6.41. The maximum absolute atomic E-state index is 12.5. The highest BCUT2D eigenvalue weighted by molar-refractivity contribution is 7.89. The molecule has 2 N–H and O–H groups in total. The summed E-state index contributed by atoms with van der Waals surface area (Å²) in [6.45, 7) is 0.588. The van der Waals surface area contributed by atoms with Crippen LogP contribution in [0.5, 0.6) is 0 Å². The summed E-state index contributed by atoms with van der Waals surface area (Å²) in [7, 11) is -1.98. The fraction of sp³-hybridized carbons (Fsp3) is 0.385. The lowest BCUT2D eigenvalue weighted by Crippen LogP contribution is -2.50. The number of likely N-dealkylation sites (N-methyl/N-ethyl adjacent to an activating group) is 1. The van der Waals surface area contributed by atoms with E-state index in [2.05, 4.69) is 0 Å². The molecular formula is C13H17N3O3S2. The van der Waals surface area contributed by atoms with E-state index < -0.39 is 10.0 Å². The van der Waals surface area contributed by atoms with Gasteiger partial charge in [0.2, 0.25) is 15.9 Å². The number of sulfonamides is 1. The molecule has 1 aromatic rings. The van der Waals surface area contributed by atoms with Gasteiger partial charge in [0.15, 0.2) is 0 Å². The van der Waals surface area contributed by atoms with Crippen LogP contribution in [0.4, 0.5) is 0 Å². The standard InChI is InChI=1S/C13H17N3O3S2/c1-15-6-7-16(9-13(15)17)21(18,19)11-4-2-10(3-5-11)8-12(14)20/h2-5H,6-9H2,1H3,(H2,14,20). The van der Waals surface area contributed by atoms with Crippen molar-refractivity contribution in [2.75, 3.05) is 26.7 Å². The van der Waals surface area contributed by atoms with Crippen molar-refractivity contribution in [2.24, 2.45) is 5.73 Å². The Kier molecular flexibility index (Phi) is 4.60. The lowest BCUT2D eigenvalue weighted by atomic mass is 10.1. The van der Waals surface area contributed by atoms with E-state index in [-0.39, 0.29) is 17.3 Å². The molecule has 114 valence electrons. The molecule has 1 saturated heterocycles. The molecule has 8 heteroatoms. The van der Waals surface area contributed by atoms with Gasteiger partial charge in [-0.2, -0.15) is 4.31 Å². The molecule has 0 unspecified atom stereocenters. The number of hydrogen-bond acceptors (Lipinski definition) is 4. The lowest BCUT2D eigenvalue weighted by Gasteiger charge is -2.31. The minimum atomic E-state index is -3.64. The van der Waals surface area contributed by atoms with Crippen molar-refractivity contribution in [3.8, 4) is 0 Å². The molecule has 0 radical (unpaired) electrons. The molecule has 1 aromatic carbocycles. The van der Waals surface area contributed by atoms with Crippen LogP contribution in [-0.2, 0) is 21.2 Å². The van der Waals surface area contributed by atoms with Crippen LogP contribution in [0.1, 0.15) is 5.56 Å². The number of amides is 1. The van der Waals surface area contributed by atoms with Gasteiger partial charge in [0.05, 0.1) is 16.4 Å². The SMILES string of the molecule is CN1CCN(S(=O)(=O)c2ccc(CC(N)=S)cc2)CC1=O. The molecule has 6 nitrogen and oxygen atoms in total. The molecule has 0 aliphatic carbocycles. The molecule has 0 spiro atoms. The molecule has 1 heterocycles. The minimum Gasteiger partial charge on any atom is -0.393 e. The van der Waals surface area contributed by atoms with Crippen LogP contribution < -0.4 is 5.73 Å². The topological polar surface area (TPSA) is 83.7 Å². The fourth-order valence-electron chi connectivity index (χ4n) is 2.07. The largest absolute Gasteiger partial charge is 0.393 e. The second-order valence-corrected chi connectivity index (χ2v) is 7.40. The van der Waals surface area contributed by atoms with E-state index in [1.165, 1.54) is 21.3 Å². The Morgan fingerprint density at radius 3 is 2.43 bits per heavy atom. The number of piperazine rings is 1. The first-order valence-corrected chi connectivity index (χ1v) is 8.27. The monoisotopic (exact) mass is 327 g/mol. The number of hydrogen-bond donors (Lipinski definition) is 1. The maximum Gasteiger partial charge on any atom is 0.243 e. The quantitative estimate of drug-likeness (QED) is 0.786. The van der Waals surface area contributed by atoms with Gasteiger partial charge in [-0.1, -0.05) is 24.4 Å². The van der Waals surface area contributed by atoms with Crippen molar-refractivity contribution in [1.29, 1.82) is 0 Å². The summed E-state index contributed by atoms with van der Waals surface area (Å²) in [5, 5.41) is 0. The molecule has 1 aliphatic heterocycles. The molecule has 1 fully saturated rings. The number of carbonyl (C=O) groups excluding carboxylic acids is 1. The number of thiocarbonyl (C=S) groups is 1. The molecule has 21 heavy (non-hydrogen) atoms. The van der Waals surface area contributed by atoms with Crippen molar-refractivity contribution in [3.05, 3.63) is 29.8 Å². The minimum absolute atomic E-state index is 0.118. The molecule has 0 bridgehead atoms. The van der Waals surface area contributed by atoms with Gasteiger partial charge in [-0.3, -0.25) is 4.79 Å². The van der Waals surface area contributed by atoms with Crippen LogP contribution in [0.25, 0.3) is 0 Å². The Balaban J connectivity index is 2.19. The smallest absolute Gasteiger partial charge is 0.243 e. The van der Waals surface area contributed by atoms with Crippen molar-refractivity contribution >= 4 is 33.1 Å². The molecule has 2 rings (SSSR count). The molecule has 0 atom stereocenters. The second-order valence-electron chi connectivity index (χ2n) is 4.94. The molecular weight excluding hydrogens is 310 g/mol. The van der Waals surface area contributed by atoms with Gasteiger partial charge < -0.3 is 10.6 Å². The van der Waals surface area contributed by atoms with Crippen molar-refractivity contribution < 1.29 is 13.2 Å². The van der Waals surface area contributed by atoms with Gasteiger partial charge in [-0.25, -0.2) is 8.42 Å². The summed E-state index contributed by atoms with van der Waals surface area (Å²) in [6.07, 6.45) is 0.433. The number of carbonyl (C=O) groups is 1. The fourth-order valence-corrected chi connectivity index (χ4v) is 3.62. The van der Waals surface area contributed by atoms with Crippen LogP contribution in [0.3, 0.4) is 0 Å². The summed E-state index contributed by atoms with van der Waals surface area (Å²) in [4.78, 5) is 13.7. The zero-order valence-corrected chi connectivity index (χ0v) is 13.3. The van der Waals surface area contributed by atoms with Crippen molar-refractivity contribution in [2.45, 2.75) is 11.3 Å². The van der Waals surface area contributed by atoms with E-state index in [0.29, 0.717) is 24.5 Å². The number of nitrogens with zero attached hydrogens (tertiary/aromatic N) is 2. The van der Waals surface area contributed by atoms with Crippen molar-refractivity contribution in [1.82, 2.24) is 9.21 Å². The maximum atomic E-state index is 12.5. The molecule has 0 saturated carbocycles. The first kappa shape index (κ1) is 15.9. The van der Waals surface area contributed by atoms with E-state index in [9.17, 15) is 13.2 Å². The Morgan fingerprint density at radius 1 is 1.29 bits per heavy atom.